The smallest absolute Gasteiger partial charge is 0.259 e. The number of halogens is 1. The van der Waals surface area contributed by atoms with Gasteiger partial charge in [-0.2, -0.15) is 0 Å². The van der Waals surface area contributed by atoms with Crippen molar-refractivity contribution in [2.75, 3.05) is 32.1 Å². The molecule has 0 fully saturated rings. The van der Waals surface area contributed by atoms with Gasteiger partial charge in [0.05, 0.1) is 11.3 Å². The molecule has 1 amide bonds. The fourth-order valence-electron chi connectivity index (χ4n) is 2.42. The third-order valence-electron chi connectivity index (χ3n) is 3.57. The Morgan fingerprint density at radius 2 is 1.91 bits per heavy atom. The van der Waals surface area contributed by atoms with Gasteiger partial charge < -0.3 is 9.80 Å². The average Bonchev–Trinajstić information content (AvgIpc) is 2.59. The van der Waals surface area contributed by atoms with E-state index < -0.39 is 0 Å². The second-order valence-electron chi connectivity index (χ2n) is 5.47. The zero-order chi connectivity index (χ0) is 15.7. The average molecular weight is 333 g/mol. The molecule has 0 aliphatic carbocycles. The summed E-state index contributed by atoms with van der Waals surface area (Å²) in [4.78, 5) is 18.9. The van der Waals surface area contributed by atoms with E-state index in [1.54, 1.807) is 11.8 Å². The summed E-state index contributed by atoms with van der Waals surface area (Å²) >= 11 is 7.74. The molecule has 0 saturated heterocycles. The number of carbonyl (C=O) groups excluding carboxylic acids is 1. The predicted molar refractivity (Wildman–Crippen MR) is 92.2 cm³/mol. The zero-order valence-electron chi connectivity index (χ0n) is 12.5. The minimum Gasteiger partial charge on any atom is -0.308 e. The molecule has 0 N–H and O–H groups in total. The van der Waals surface area contributed by atoms with Crippen molar-refractivity contribution in [2.24, 2.45) is 0 Å². The van der Waals surface area contributed by atoms with Crippen molar-refractivity contribution < 1.29 is 4.79 Å². The number of rotatable bonds is 3. The number of anilines is 1. The molecule has 0 unspecified atom stereocenters. The van der Waals surface area contributed by atoms with Crippen molar-refractivity contribution in [1.29, 1.82) is 0 Å². The van der Waals surface area contributed by atoms with Gasteiger partial charge in [-0.15, -0.1) is 0 Å². The second-order valence-corrected chi connectivity index (χ2v) is 6.99. The first-order valence-corrected chi connectivity index (χ1v) is 8.29. The number of fused-ring (bicyclic) bond motifs is 2. The van der Waals surface area contributed by atoms with E-state index >= 15 is 0 Å². The van der Waals surface area contributed by atoms with Gasteiger partial charge in [0.2, 0.25) is 0 Å². The molecule has 0 atom stereocenters. The first kappa shape index (κ1) is 15.4. The molecule has 22 heavy (non-hydrogen) atoms. The van der Waals surface area contributed by atoms with Gasteiger partial charge >= 0.3 is 0 Å². The molecule has 5 heteroatoms. The number of hydrogen-bond acceptors (Lipinski definition) is 3. The monoisotopic (exact) mass is 332 g/mol. The van der Waals surface area contributed by atoms with Crippen LogP contribution in [0.1, 0.15) is 10.4 Å². The highest BCUT2D eigenvalue weighted by Crippen LogP contribution is 2.42. The van der Waals surface area contributed by atoms with Crippen LogP contribution in [0, 0.1) is 0 Å². The van der Waals surface area contributed by atoms with E-state index in [0.29, 0.717) is 11.6 Å². The molecule has 0 radical (unpaired) electrons. The normalized spacial score (nSPS) is 13.8. The highest BCUT2D eigenvalue weighted by atomic mass is 35.5. The van der Waals surface area contributed by atoms with Gasteiger partial charge in [-0.3, -0.25) is 4.79 Å². The van der Waals surface area contributed by atoms with Crippen LogP contribution in [-0.2, 0) is 0 Å². The van der Waals surface area contributed by atoms with Crippen molar-refractivity contribution in [3.05, 3.63) is 53.1 Å². The van der Waals surface area contributed by atoms with E-state index in [2.05, 4.69) is 4.90 Å². The lowest BCUT2D eigenvalue weighted by Crippen LogP contribution is -2.36. The van der Waals surface area contributed by atoms with Crippen molar-refractivity contribution >= 4 is 35.0 Å². The zero-order valence-corrected chi connectivity index (χ0v) is 14.1. The van der Waals surface area contributed by atoms with Gasteiger partial charge in [-0.05, 0) is 44.4 Å². The Labute approximate surface area is 139 Å². The third-order valence-corrected chi connectivity index (χ3v) is 4.92. The topological polar surface area (TPSA) is 23.6 Å². The molecule has 2 aromatic rings. The molecule has 0 spiro atoms. The Bertz CT molecular complexity index is 718. The second kappa shape index (κ2) is 6.32. The summed E-state index contributed by atoms with van der Waals surface area (Å²) < 4.78 is 0. The van der Waals surface area contributed by atoms with Crippen molar-refractivity contribution in [1.82, 2.24) is 4.90 Å². The van der Waals surface area contributed by atoms with Crippen molar-refractivity contribution in [3.63, 3.8) is 0 Å². The van der Waals surface area contributed by atoms with Crippen LogP contribution in [0.3, 0.4) is 0 Å². The minimum atomic E-state index is 0.0472. The largest absolute Gasteiger partial charge is 0.308 e. The molecule has 114 valence electrons. The molecular formula is C17H17ClN2OS. The quantitative estimate of drug-likeness (QED) is 0.848. The van der Waals surface area contributed by atoms with Gasteiger partial charge in [0.25, 0.3) is 5.91 Å². The molecule has 1 aliphatic heterocycles. The van der Waals surface area contributed by atoms with Gasteiger partial charge in [0.15, 0.2) is 0 Å². The highest BCUT2D eigenvalue weighted by molar-refractivity contribution is 7.99. The molecule has 0 bridgehead atoms. The van der Waals surface area contributed by atoms with Crippen LogP contribution < -0.4 is 4.90 Å². The number of amides is 1. The van der Waals surface area contributed by atoms with Crippen molar-refractivity contribution in [2.45, 2.75) is 9.79 Å². The summed E-state index contributed by atoms with van der Waals surface area (Å²) in [5.41, 5.74) is 1.68. The van der Waals surface area contributed by atoms with Crippen LogP contribution in [0.4, 0.5) is 5.69 Å². The number of likely N-dealkylation sites (N-methyl/N-ethyl adjacent to an activating group) is 1. The van der Waals surface area contributed by atoms with Crippen LogP contribution >= 0.6 is 23.4 Å². The van der Waals surface area contributed by atoms with Crippen LogP contribution in [0.2, 0.25) is 5.02 Å². The molecule has 3 nitrogen and oxygen atoms in total. The molecule has 1 heterocycles. The number of nitrogens with zero attached hydrogens (tertiary/aromatic N) is 2. The summed E-state index contributed by atoms with van der Waals surface area (Å²) in [5, 5.41) is 0.686. The summed E-state index contributed by atoms with van der Waals surface area (Å²) in [5.74, 6) is 0.0472. The maximum absolute atomic E-state index is 13.0. The maximum atomic E-state index is 13.0. The van der Waals surface area contributed by atoms with E-state index in [0.717, 1.165) is 27.6 Å². The number of hydrogen-bond donors (Lipinski definition) is 0. The highest BCUT2D eigenvalue weighted by Gasteiger charge is 2.27. The molecule has 0 saturated carbocycles. The van der Waals surface area contributed by atoms with E-state index in [-0.39, 0.29) is 5.91 Å². The number of carbonyl (C=O) groups is 1. The van der Waals surface area contributed by atoms with Gasteiger partial charge in [-0.1, -0.05) is 35.5 Å². The van der Waals surface area contributed by atoms with E-state index in [1.807, 2.05) is 61.5 Å². The summed E-state index contributed by atoms with van der Waals surface area (Å²) in [6.45, 7) is 1.45. The SMILES string of the molecule is CN(C)CCN1C(=O)c2ccccc2Sc2cc(Cl)ccc21. The minimum absolute atomic E-state index is 0.0472. The Hall–Kier alpha value is -1.49. The summed E-state index contributed by atoms with van der Waals surface area (Å²) in [7, 11) is 4.02. The first-order chi connectivity index (χ1) is 10.6. The predicted octanol–water partition coefficient (Wildman–Crippen LogP) is 4.01. The van der Waals surface area contributed by atoms with E-state index in [4.69, 9.17) is 11.6 Å². The van der Waals surface area contributed by atoms with E-state index in [9.17, 15) is 4.79 Å². The van der Waals surface area contributed by atoms with Gasteiger partial charge in [0, 0.05) is 27.9 Å². The van der Waals surface area contributed by atoms with Crippen LogP contribution in [0.25, 0.3) is 0 Å². The molecule has 0 aromatic heterocycles. The molecular weight excluding hydrogens is 316 g/mol. The fraction of sp³-hybridized carbons (Fsp3) is 0.235. The Morgan fingerprint density at radius 3 is 2.68 bits per heavy atom. The van der Waals surface area contributed by atoms with Crippen LogP contribution in [0.15, 0.2) is 52.3 Å². The first-order valence-electron chi connectivity index (χ1n) is 7.09. The summed E-state index contributed by atoms with van der Waals surface area (Å²) in [6, 6.07) is 13.4. The Morgan fingerprint density at radius 1 is 1.14 bits per heavy atom. The molecule has 2 aromatic carbocycles. The fourth-order valence-corrected chi connectivity index (χ4v) is 3.77. The lowest BCUT2D eigenvalue weighted by molar-refractivity contribution is 0.0982. The van der Waals surface area contributed by atoms with E-state index in [1.165, 1.54) is 0 Å². The summed E-state index contributed by atoms with van der Waals surface area (Å²) in [6.07, 6.45) is 0. The lowest BCUT2D eigenvalue weighted by atomic mass is 10.1. The Kier molecular flexibility index (Phi) is 4.43. The molecule has 1 aliphatic rings. The van der Waals surface area contributed by atoms with Crippen LogP contribution in [-0.4, -0.2) is 38.0 Å². The maximum Gasteiger partial charge on any atom is 0.259 e. The van der Waals surface area contributed by atoms with Gasteiger partial charge in [0.1, 0.15) is 0 Å². The van der Waals surface area contributed by atoms with Gasteiger partial charge in [-0.25, -0.2) is 0 Å². The van der Waals surface area contributed by atoms with Crippen LogP contribution in [0.5, 0.6) is 0 Å². The third kappa shape index (κ3) is 3.00. The lowest BCUT2D eigenvalue weighted by Gasteiger charge is -2.24. The Balaban J connectivity index is 2.10. The molecule has 3 rings (SSSR count). The number of benzene rings is 2. The van der Waals surface area contributed by atoms with Crippen molar-refractivity contribution in [3.8, 4) is 0 Å². The standard InChI is InChI=1S/C17H17ClN2OS/c1-19(2)9-10-20-14-8-7-12(18)11-16(14)22-15-6-4-3-5-13(15)17(20)21/h3-8,11H,9-10H2,1-2H3.